The van der Waals surface area contributed by atoms with Gasteiger partial charge in [-0.2, -0.15) is 0 Å². The fourth-order valence-corrected chi connectivity index (χ4v) is 2.67. The molecule has 0 amide bonds. The van der Waals surface area contributed by atoms with Gasteiger partial charge >= 0.3 is 0 Å². The molecular weight excluding hydrogens is 229 g/mol. The molecule has 0 aliphatic carbocycles. The van der Waals surface area contributed by atoms with E-state index in [1.54, 1.807) is 13.0 Å². The molecule has 0 bridgehead atoms. The number of aliphatic hydroxyl groups is 1. The van der Waals surface area contributed by atoms with Crippen molar-refractivity contribution in [2.75, 3.05) is 18.0 Å². The Labute approximate surface area is 108 Å². The number of halogens is 1. The number of benzene rings is 1. The van der Waals surface area contributed by atoms with Crippen LogP contribution < -0.4 is 4.90 Å². The van der Waals surface area contributed by atoms with E-state index in [1.807, 2.05) is 6.07 Å². The van der Waals surface area contributed by atoms with Crippen molar-refractivity contribution in [3.63, 3.8) is 0 Å². The van der Waals surface area contributed by atoms with Gasteiger partial charge in [0, 0.05) is 18.7 Å². The number of hydrogen-bond acceptors (Lipinski definition) is 2. The Hall–Kier alpha value is -1.09. The summed E-state index contributed by atoms with van der Waals surface area (Å²) >= 11 is 0. The second-order valence-electron chi connectivity index (χ2n) is 5.54. The van der Waals surface area contributed by atoms with Crippen LogP contribution in [-0.2, 0) is 0 Å². The zero-order chi connectivity index (χ0) is 13.3. The van der Waals surface area contributed by atoms with Gasteiger partial charge in [-0.1, -0.05) is 26.0 Å². The molecule has 100 valence electrons. The van der Waals surface area contributed by atoms with Crippen LogP contribution >= 0.6 is 0 Å². The number of piperidine rings is 1. The molecule has 3 atom stereocenters. The Balaban J connectivity index is 2.33. The fraction of sp³-hybridized carbons (Fsp3) is 0.600. The molecule has 0 saturated carbocycles. The van der Waals surface area contributed by atoms with Crippen molar-refractivity contribution in [3.05, 3.63) is 29.6 Å². The Bertz CT molecular complexity index is 419. The molecule has 1 aromatic carbocycles. The lowest BCUT2D eigenvalue weighted by atomic mass is 9.88. The third-order valence-electron chi connectivity index (χ3n) is 4.12. The lowest BCUT2D eigenvalue weighted by molar-refractivity contribution is 0.198. The van der Waals surface area contributed by atoms with E-state index in [1.165, 1.54) is 6.07 Å². The molecule has 1 aliphatic rings. The summed E-state index contributed by atoms with van der Waals surface area (Å²) in [4.78, 5) is 2.09. The maximum atomic E-state index is 14.1. The number of aliphatic hydroxyl groups excluding tert-OH is 1. The molecule has 1 saturated heterocycles. The van der Waals surface area contributed by atoms with Crippen LogP contribution in [0.1, 0.15) is 38.9 Å². The molecule has 18 heavy (non-hydrogen) atoms. The van der Waals surface area contributed by atoms with Crippen LogP contribution in [0.5, 0.6) is 0 Å². The van der Waals surface area contributed by atoms with E-state index in [-0.39, 0.29) is 5.82 Å². The summed E-state index contributed by atoms with van der Waals surface area (Å²) in [5.74, 6) is 1.01. The van der Waals surface area contributed by atoms with Crippen LogP contribution in [0.15, 0.2) is 18.2 Å². The van der Waals surface area contributed by atoms with Crippen molar-refractivity contribution in [1.29, 1.82) is 0 Å². The first-order valence-electron chi connectivity index (χ1n) is 6.72. The molecule has 3 heteroatoms. The van der Waals surface area contributed by atoms with Crippen molar-refractivity contribution in [1.82, 2.24) is 0 Å². The highest BCUT2D eigenvalue weighted by atomic mass is 19.1. The van der Waals surface area contributed by atoms with Crippen molar-refractivity contribution < 1.29 is 9.50 Å². The van der Waals surface area contributed by atoms with E-state index in [0.717, 1.165) is 19.5 Å². The van der Waals surface area contributed by atoms with Crippen LogP contribution in [0.4, 0.5) is 10.1 Å². The summed E-state index contributed by atoms with van der Waals surface area (Å²) in [6.45, 7) is 7.88. The topological polar surface area (TPSA) is 23.5 Å². The minimum absolute atomic E-state index is 0.227. The monoisotopic (exact) mass is 251 g/mol. The minimum atomic E-state index is -0.634. The molecule has 1 aromatic rings. The number of rotatable bonds is 2. The number of anilines is 1. The van der Waals surface area contributed by atoms with E-state index in [4.69, 9.17) is 0 Å². The first-order chi connectivity index (χ1) is 8.50. The highest BCUT2D eigenvalue weighted by Crippen LogP contribution is 2.33. The van der Waals surface area contributed by atoms with Crippen molar-refractivity contribution in [2.24, 2.45) is 11.8 Å². The predicted molar refractivity (Wildman–Crippen MR) is 72.2 cm³/mol. The summed E-state index contributed by atoms with van der Waals surface area (Å²) in [6, 6.07) is 4.95. The van der Waals surface area contributed by atoms with Gasteiger partial charge in [-0.3, -0.25) is 0 Å². The summed E-state index contributed by atoms with van der Waals surface area (Å²) in [5.41, 5.74) is 1.28. The summed E-state index contributed by atoms with van der Waals surface area (Å²) in [7, 11) is 0. The summed E-state index contributed by atoms with van der Waals surface area (Å²) in [6.07, 6.45) is 0.444. The fourth-order valence-electron chi connectivity index (χ4n) is 2.67. The lowest BCUT2D eigenvalue weighted by Gasteiger charge is -2.38. The Morgan fingerprint density at radius 3 is 2.67 bits per heavy atom. The predicted octanol–water partition coefficient (Wildman–Crippen LogP) is 3.36. The highest BCUT2D eigenvalue weighted by Gasteiger charge is 2.26. The molecule has 2 rings (SSSR count). The summed E-state index contributed by atoms with van der Waals surface area (Å²) < 4.78 is 14.1. The number of hydrogen-bond donors (Lipinski definition) is 1. The van der Waals surface area contributed by atoms with E-state index in [9.17, 15) is 9.50 Å². The Kier molecular flexibility index (Phi) is 3.91. The van der Waals surface area contributed by atoms with Crippen molar-refractivity contribution >= 4 is 5.69 Å². The van der Waals surface area contributed by atoms with E-state index in [0.29, 0.717) is 23.1 Å². The molecule has 2 nitrogen and oxygen atoms in total. The van der Waals surface area contributed by atoms with Gasteiger partial charge in [-0.25, -0.2) is 4.39 Å². The lowest BCUT2D eigenvalue weighted by Crippen LogP contribution is -2.39. The Morgan fingerprint density at radius 2 is 2.06 bits per heavy atom. The van der Waals surface area contributed by atoms with Crippen LogP contribution in [0, 0.1) is 17.7 Å². The van der Waals surface area contributed by atoms with Crippen LogP contribution in [0.2, 0.25) is 0 Å². The van der Waals surface area contributed by atoms with E-state index >= 15 is 0 Å². The average Bonchev–Trinajstić information content (AvgIpc) is 2.32. The molecular formula is C15H22FNO. The molecule has 3 unspecified atom stereocenters. The second kappa shape index (κ2) is 5.27. The molecule has 1 aliphatic heterocycles. The van der Waals surface area contributed by atoms with Gasteiger partial charge < -0.3 is 10.0 Å². The first kappa shape index (κ1) is 13.3. The van der Waals surface area contributed by atoms with Crippen molar-refractivity contribution in [3.8, 4) is 0 Å². The average molecular weight is 251 g/mol. The van der Waals surface area contributed by atoms with Gasteiger partial charge in [0.25, 0.3) is 0 Å². The SMILES string of the molecule is CC(O)c1cccc(F)c1N1CCC(C)C(C)C1. The minimum Gasteiger partial charge on any atom is -0.389 e. The number of para-hydroxylation sites is 1. The van der Waals surface area contributed by atoms with E-state index < -0.39 is 6.10 Å². The smallest absolute Gasteiger partial charge is 0.146 e. The number of nitrogens with zero attached hydrogens (tertiary/aromatic N) is 1. The highest BCUT2D eigenvalue weighted by molar-refractivity contribution is 5.56. The summed E-state index contributed by atoms with van der Waals surface area (Å²) in [5, 5.41) is 9.78. The zero-order valence-electron chi connectivity index (χ0n) is 11.4. The Morgan fingerprint density at radius 1 is 1.33 bits per heavy atom. The van der Waals surface area contributed by atoms with Gasteiger partial charge in [0.15, 0.2) is 0 Å². The van der Waals surface area contributed by atoms with Gasteiger partial charge in [0.05, 0.1) is 11.8 Å². The molecule has 0 aromatic heterocycles. The maximum Gasteiger partial charge on any atom is 0.146 e. The van der Waals surface area contributed by atoms with Crippen LogP contribution in [0.3, 0.4) is 0 Å². The second-order valence-corrected chi connectivity index (χ2v) is 5.54. The molecule has 0 radical (unpaired) electrons. The first-order valence-corrected chi connectivity index (χ1v) is 6.72. The molecule has 1 N–H and O–H groups in total. The van der Waals surface area contributed by atoms with Crippen LogP contribution in [0.25, 0.3) is 0 Å². The quantitative estimate of drug-likeness (QED) is 0.871. The maximum absolute atomic E-state index is 14.1. The van der Waals surface area contributed by atoms with Gasteiger partial charge in [0.1, 0.15) is 5.82 Å². The third-order valence-corrected chi connectivity index (χ3v) is 4.12. The van der Waals surface area contributed by atoms with Gasteiger partial charge in [-0.15, -0.1) is 0 Å². The van der Waals surface area contributed by atoms with Crippen LogP contribution in [-0.4, -0.2) is 18.2 Å². The zero-order valence-corrected chi connectivity index (χ0v) is 11.4. The molecule has 0 spiro atoms. The third kappa shape index (κ3) is 2.51. The normalized spacial score (nSPS) is 26.2. The molecule has 1 heterocycles. The largest absolute Gasteiger partial charge is 0.389 e. The van der Waals surface area contributed by atoms with E-state index in [2.05, 4.69) is 18.7 Å². The van der Waals surface area contributed by atoms with Gasteiger partial charge in [0.2, 0.25) is 0 Å². The molecule has 1 fully saturated rings. The standard InChI is InChI=1S/C15H22FNO/c1-10-7-8-17(9-11(10)2)15-13(12(3)18)5-4-6-14(15)16/h4-6,10-12,18H,7-9H2,1-3H3. The van der Waals surface area contributed by atoms with Crippen molar-refractivity contribution in [2.45, 2.75) is 33.3 Å². The van der Waals surface area contributed by atoms with Gasteiger partial charge in [-0.05, 0) is 31.2 Å².